The van der Waals surface area contributed by atoms with Crippen LogP contribution in [0.4, 0.5) is 0 Å². The molecule has 0 fully saturated rings. The molecule has 28 heavy (non-hydrogen) atoms. The van der Waals surface area contributed by atoms with Gasteiger partial charge in [0.05, 0.1) is 4.91 Å². The van der Waals surface area contributed by atoms with Crippen molar-refractivity contribution in [3.8, 4) is 11.5 Å². The van der Waals surface area contributed by atoms with Gasteiger partial charge in [0.2, 0.25) is 5.78 Å². The van der Waals surface area contributed by atoms with Crippen LogP contribution in [0, 0.1) is 0 Å². The number of thioether (sulfide) groups is 1. The number of hydrogen-bond donors (Lipinski definition) is 0. The summed E-state index contributed by atoms with van der Waals surface area (Å²) in [6.07, 6.45) is 1.94. The highest BCUT2D eigenvalue weighted by Crippen LogP contribution is 2.44. The highest BCUT2D eigenvalue weighted by atomic mass is 32.2. The van der Waals surface area contributed by atoms with E-state index in [1.165, 1.54) is 11.8 Å². The number of Topliss-reactive ketones (excluding diaryl/α,β-unsaturated/α-hetero) is 1. The minimum absolute atomic E-state index is 0.0891. The third-order valence-corrected chi connectivity index (χ3v) is 5.78. The van der Waals surface area contributed by atoms with E-state index in [2.05, 4.69) is 6.07 Å². The lowest BCUT2D eigenvalue weighted by Crippen LogP contribution is -1.95. The molecule has 1 heterocycles. The maximum atomic E-state index is 13.1. The quantitative estimate of drug-likeness (QED) is 0.359. The molecular formula is C25H16O2S. The zero-order chi connectivity index (χ0) is 18.9. The predicted molar refractivity (Wildman–Crippen MR) is 115 cm³/mol. The molecule has 5 rings (SSSR count). The van der Waals surface area contributed by atoms with Gasteiger partial charge in [-0.05, 0) is 52.7 Å². The molecule has 134 valence electrons. The van der Waals surface area contributed by atoms with Crippen LogP contribution in [-0.2, 0) is 0 Å². The minimum Gasteiger partial charge on any atom is -0.457 e. The van der Waals surface area contributed by atoms with Gasteiger partial charge in [0, 0.05) is 10.5 Å². The molecule has 0 unspecified atom stereocenters. The van der Waals surface area contributed by atoms with Gasteiger partial charge in [0.1, 0.15) is 11.5 Å². The predicted octanol–water partition coefficient (Wildman–Crippen LogP) is 6.96. The average molecular weight is 380 g/mol. The Balaban J connectivity index is 1.48. The molecule has 0 spiro atoms. The van der Waals surface area contributed by atoms with Crippen LogP contribution in [0.2, 0.25) is 0 Å². The number of allylic oxidation sites excluding steroid dienone is 1. The summed E-state index contributed by atoms with van der Waals surface area (Å²) in [5.41, 5.74) is 1.76. The van der Waals surface area contributed by atoms with Crippen LogP contribution in [0.1, 0.15) is 15.9 Å². The van der Waals surface area contributed by atoms with E-state index in [-0.39, 0.29) is 5.78 Å². The number of carbonyl (C=O) groups excluding carboxylic acids is 1. The summed E-state index contributed by atoms with van der Waals surface area (Å²) >= 11 is 1.53. The third kappa shape index (κ3) is 3.10. The van der Waals surface area contributed by atoms with Crippen molar-refractivity contribution < 1.29 is 9.53 Å². The standard InChI is InChI=1S/C25H16O2S/c26-25-23(28-22-14-13-18-8-4-5-12-21(18)24(22)25)16-17-7-6-11-20(15-17)27-19-9-2-1-3-10-19/h1-16H. The monoisotopic (exact) mass is 380 g/mol. The number of hydrogen-bond acceptors (Lipinski definition) is 3. The van der Waals surface area contributed by atoms with E-state index < -0.39 is 0 Å². The lowest BCUT2D eigenvalue weighted by atomic mass is 10.0. The number of para-hydroxylation sites is 1. The molecule has 0 radical (unpaired) electrons. The van der Waals surface area contributed by atoms with Gasteiger partial charge in [-0.3, -0.25) is 4.79 Å². The molecule has 2 nitrogen and oxygen atoms in total. The first-order valence-corrected chi connectivity index (χ1v) is 9.88. The van der Waals surface area contributed by atoms with Crippen molar-refractivity contribution >= 4 is 34.4 Å². The smallest absolute Gasteiger partial charge is 0.201 e. The van der Waals surface area contributed by atoms with Crippen LogP contribution in [0.5, 0.6) is 11.5 Å². The molecule has 4 aromatic carbocycles. The molecule has 0 atom stereocenters. The highest BCUT2D eigenvalue weighted by molar-refractivity contribution is 8.05. The molecule has 0 aliphatic carbocycles. The first-order valence-electron chi connectivity index (χ1n) is 9.07. The lowest BCUT2D eigenvalue weighted by molar-refractivity contribution is 0.104. The Labute approximate surface area is 167 Å². The van der Waals surface area contributed by atoms with E-state index in [4.69, 9.17) is 4.74 Å². The molecule has 0 N–H and O–H groups in total. The Hall–Kier alpha value is -3.30. The minimum atomic E-state index is 0.0891. The van der Waals surface area contributed by atoms with Crippen molar-refractivity contribution in [2.45, 2.75) is 4.90 Å². The number of rotatable bonds is 3. The number of benzene rings is 4. The lowest BCUT2D eigenvalue weighted by Gasteiger charge is -2.06. The van der Waals surface area contributed by atoms with E-state index >= 15 is 0 Å². The first-order chi connectivity index (χ1) is 13.8. The summed E-state index contributed by atoms with van der Waals surface area (Å²) in [5.74, 6) is 1.63. The van der Waals surface area contributed by atoms with E-state index in [0.29, 0.717) is 0 Å². The fourth-order valence-electron chi connectivity index (χ4n) is 3.40. The van der Waals surface area contributed by atoms with Crippen molar-refractivity contribution in [3.05, 3.63) is 107 Å². The maximum absolute atomic E-state index is 13.1. The molecule has 4 aromatic rings. The van der Waals surface area contributed by atoms with Gasteiger partial charge in [-0.25, -0.2) is 0 Å². The number of ether oxygens (including phenoxy) is 1. The van der Waals surface area contributed by atoms with Crippen LogP contribution < -0.4 is 4.74 Å². The fraction of sp³-hybridized carbons (Fsp3) is 0. The average Bonchev–Trinajstić information content (AvgIpc) is 3.05. The molecule has 0 saturated carbocycles. The molecular weight excluding hydrogens is 364 g/mol. The molecule has 0 amide bonds. The Morgan fingerprint density at radius 1 is 0.750 bits per heavy atom. The van der Waals surface area contributed by atoms with Crippen molar-refractivity contribution in [2.75, 3.05) is 0 Å². The summed E-state index contributed by atoms with van der Waals surface area (Å²) in [5, 5.41) is 2.11. The van der Waals surface area contributed by atoms with Crippen molar-refractivity contribution in [2.24, 2.45) is 0 Å². The number of ketones is 1. The van der Waals surface area contributed by atoms with Gasteiger partial charge in [0.15, 0.2) is 0 Å². The SMILES string of the molecule is O=C1C(=Cc2cccc(Oc3ccccc3)c2)Sc2ccc3ccccc3c21. The summed E-state index contributed by atoms with van der Waals surface area (Å²) in [6.45, 7) is 0. The van der Waals surface area contributed by atoms with Gasteiger partial charge in [-0.1, -0.05) is 72.4 Å². The Morgan fingerprint density at radius 3 is 2.43 bits per heavy atom. The Morgan fingerprint density at radius 2 is 1.54 bits per heavy atom. The third-order valence-electron chi connectivity index (χ3n) is 4.70. The number of fused-ring (bicyclic) bond motifs is 3. The summed E-state index contributed by atoms with van der Waals surface area (Å²) in [7, 11) is 0. The molecule has 1 aliphatic rings. The normalized spacial score (nSPS) is 14.4. The van der Waals surface area contributed by atoms with Gasteiger partial charge in [-0.15, -0.1) is 0 Å². The molecule has 0 saturated heterocycles. The van der Waals surface area contributed by atoms with Crippen LogP contribution in [0.3, 0.4) is 0 Å². The topological polar surface area (TPSA) is 26.3 Å². The highest BCUT2D eigenvalue weighted by Gasteiger charge is 2.27. The summed E-state index contributed by atoms with van der Waals surface area (Å²) in [4.78, 5) is 14.8. The van der Waals surface area contributed by atoms with Crippen molar-refractivity contribution in [1.29, 1.82) is 0 Å². The van der Waals surface area contributed by atoms with Crippen molar-refractivity contribution in [3.63, 3.8) is 0 Å². The fourth-order valence-corrected chi connectivity index (χ4v) is 4.47. The largest absolute Gasteiger partial charge is 0.457 e. The summed E-state index contributed by atoms with van der Waals surface area (Å²) < 4.78 is 5.91. The van der Waals surface area contributed by atoms with Crippen LogP contribution in [0.25, 0.3) is 16.8 Å². The van der Waals surface area contributed by atoms with Crippen LogP contribution >= 0.6 is 11.8 Å². The van der Waals surface area contributed by atoms with E-state index in [9.17, 15) is 4.79 Å². The first kappa shape index (κ1) is 16.8. The Kier molecular flexibility index (Phi) is 4.22. The van der Waals surface area contributed by atoms with Crippen LogP contribution in [0.15, 0.2) is 101 Å². The number of carbonyl (C=O) groups is 1. The molecule has 0 aromatic heterocycles. The molecule has 3 heteroatoms. The second-order valence-corrected chi connectivity index (χ2v) is 7.67. The van der Waals surface area contributed by atoms with E-state index in [0.717, 1.165) is 43.2 Å². The Bertz CT molecular complexity index is 1230. The van der Waals surface area contributed by atoms with E-state index in [1.54, 1.807) is 0 Å². The van der Waals surface area contributed by atoms with Gasteiger partial charge in [0.25, 0.3) is 0 Å². The molecule has 0 bridgehead atoms. The summed E-state index contributed by atoms with van der Waals surface area (Å²) in [6, 6.07) is 29.6. The zero-order valence-electron chi connectivity index (χ0n) is 15.0. The maximum Gasteiger partial charge on any atom is 0.201 e. The van der Waals surface area contributed by atoms with Crippen molar-refractivity contribution in [1.82, 2.24) is 0 Å². The van der Waals surface area contributed by atoms with Crippen LogP contribution in [-0.4, -0.2) is 5.78 Å². The second kappa shape index (κ2) is 7.02. The van der Waals surface area contributed by atoms with Gasteiger partial charge >= 0.3 is 0 Å². The van der Waals surface area contributed by atoms with Gasteiger partial charge < -0.3 is 4.74 Å². The molecule has 1 aliphatic heterocycles. The zero-order valence-corrected chi connectivity index (χ0v) is 15.8. The second-order valence-electron chi connectivity index (χ2n) is 6.59. The van der Waals surface area contributed by atoms with E-state index in [1.807, 2.05) is 91.0 Å². The van der Waals surface area contributed by atoms with Gasteiger partial charge in [-0.2, -0.15) is 0 Å².